The molecule has 27 heavy (non-hydrogen) atoms. The molecule has 1 aliphatic rings. The predicted octanol–water partition coefficient (Wildman–Crippen LogP) is 4.32. The summed E-state index contributed by atoms with van der Waals surface area (Å²) in [6.07, 6.45) is -1.38. The van der Waals surface area contributed by atoms with Gasteiger partial charge in [-0.1, -0.05) is 13.3 Å². The van der Waals surface area contributed by atoms with Crippen LogP contribution in [0.4, 0.5) is 19.0 Å². The molecule has 144 valence electrons. The summed E-state index contributed by atoms with van der Waals surface area (Å²) in [7, 11) is 0. The molecule has 0 fully saturated rings. The molecule has 0 saturated heterocycles. The van der Waals surface area contributed by atoms with Gasteiger partial charge in [0, 0.05) is 18.0 Å². The zero-order valence-corrected chi connectivity index (χ0v) is 16.0. The van der Waals surface area contributed by atoms with Crippen molar-refractivity contribution in [1.29, 1.82) is 0 Å². The lowest BCUT2D eigenvalue weighted by atomic mass is 10.2. The number of halogens is 4. The Balaban J connectivity index is 1.69. The van der Waals surface area contributed by atoms with Gasteiger partial charge >= 0.3 is 6.18 Å². The van der Waals surface area contributed by atoms with E-state index in [0.29, 0.717) is 12.4 Å². The lowest BCUT2D eigenvalue weighted by molar-refractivity contribution is -0.147. The third-order valence-corrected chi connectivity index (χ3v) is 5.74. The van der Waals surface area contributed by atoms with Crippen molar-refractivity contribution in [3.63, 3.8) is 0 Å². The first-order chi connectivity index (χ1) is 12.9. The van der Waals surface area contributed by atoms with Gasteiger partial charge in [-0.3, -0.25) is 0 Å². The van der Waals surface area contributed by atoms with Crippen LogP contribution in [0.3, 0.4) is 0 Å². The molecular formula is C16H16ClF3N6S. The van der Waals surface area contributed by atoms with E-state index in [1.54, 1.807) is 11.3 Å². The van der Waals surface area contributed by atoms with E-state index in [2.05, 4.69) is 33.2 Å². The van der Waals surface area contributed by atoms with Crippen LogP contribution in [-0.4, -0.2) is 31.3 Å². The van der Waals surface area contributed by atoms with Gasteiger partial charge in [0.2, 0.25) is 11.1 Å². The van der Waals surface area contributed by atoms with Gasteiger partial charge < -0.3 is 9.47 Å². The van der Waals surface area contributed by atoms with Crippen molar-refractivity contribution in [3.05, 3.63) is 27.9 Å². The van der Waals surface area contributed by atoms with E-state index in [9.17, 15) is 13.2 Å². The van der Waals surface area contributed by atoms with Crippen molar-refractivity contribution in [2.24, 2.45) is 0 Å². The van der Waals surface area contributed by atoms with Crippen LogP contribution in [0.2, 0.25) is 5.28 Å². The summed E-state index contributed by atoms with van der Waals surface area (Å²) in [5.41, 5.74) is 0. The van der Waals surface area contributed by atoms with E-state index >= 15 is 0 Å². The van der Waals surface area contributed by atoms with Gasteiger partial charge in [0.05, 0.1) is 11.9 Å². The summed E-state index contributed by atoms with van der Waals surface area (Å²) in [4.78, 5) is 12.5. The van der Waals surface area contributed by atoms with Crippen molar-refractivity contribution in [3.8, 4) is 0 Å². The Hall–Kier alpha value is -1.94. The van der Waals surface area contributed by atoms with Crippen LogP contribution in [0.5, 0.6) is 0 Å². The second-order valence-corrected chi connectivity index (χ2v) is 7.82. The maximum atomic E-state index is 13.0. The molecule has 1 aliphatic heterocycles. The Morgan fingerprint density at radius 1 is 1.22 bits per heavy atom. The van der Waals surface area contributed by atoms with Crippen molar-refractivity contribution in [1.82, 2.24) is 24.7 Å². The number of rotatable bonds is 4. The standard InChI is InChI=1S/C16H16ClF3N6S/c1-2-3-4-9-7-10-12(21-15(17)22-13(10)27-9)25-5-6-26-11(8-25)23-24-14(26)16(18,19)20/h7H,2-6,8H2,1H3. The average Bonchev–Trinajstić information content (AvgIpc) is 3.21. The van der Waals surface area contributed by atoms with E-state index in [0.717, 1.165) is 34.0 Å². The molecule has 0 amide bonds. The number of hydrogen-bond donors (Lipinski definition) is 0. The Morgan fingerprint density at radius 3 is 2.78 bits per heavy atom. The number of nitrogens with zero attached hydrogens (tertiary/aromatic N) is 6. The van der Waals surface area contributed by atoms with Crippen LogP contribution in [-0.2, 0) is 25.7 Å². The number of fused-ring (bicyclic) bond motifs is 2. The monoisotopic (exact) mass is 416 g/mol. The molecule has 0 spiro atoms. The smallest absolute Gasteiger partial charge is 0.347 e. The zero-order valence-electron chi connectivity index (χ0n) is 14.4. The highest BCUT2D eigenvalue weighted by Crippen LogP contribution is 2.35. The third-order valence-electron chi connectivity index (χ3n) is 4.48. The van der Waals surface area contributed by atoms with Crippen LogP contribution in [0.25, 0.3) is 10.2 Å². The minimum atomic E-state index is -4.51. The van der Waals surface area contributed by atoms with Gasteiger partial charge in [-0.2, -0.15) is 18.2 Å². The largest absolute Gasteiger partial charge is 0.451 e. The average molecular weight is 417 g/mol. The van der Waals surface area contributed by atoms with E-state index in [1.165, 1.54) is 4.88 Å². The molecule has 0 aromatic carbocycles. The van der Waals surface area contributed by atoms with Gasteiger partial charge in [0.1, 0.15) is 10.6 Å². The van der Waals surface area contributed by atoms with Gasteiger partial charge in [-0.15, -0.1) is 21.5 Å². The van der Waals surface area contributed by atoms with Crippen LogP contribution in [0.15, 0.2) is 6.07 Å². The van der Waals surface area contributed by atoms with E-state index in [1.807, 2.05) is 4.90 Å². The highest BCUT2D eigenvalue weighted by molar-refractivity contribution is 7.18. The first-order valence-electron chi connectivity index (χ1n) is 8.57. The molecule has 0 aliphatic carbocycles. The van der Waals surface area contributed by atoms with Crippen molar-refractivity contribution >= 4 is 39.0 Å². The summed E-state index contributed by atoms with van der Waals surface area (Å²) in [6, 6.07) is 2.06. The fourth-order valence-corrected chi connectivity index (χ4v) is 4.47. The minimum absolute atomic E-state index is 0.129. The predicted molar refractivity (Wildman–Crippen MR) is 97.1 cm³/mol. The number of aryl methyl sites for hydroxylation is 1. The molecule has 0 bridgehead atoms. The number of alkyl halides is 3. The second-order valence-electron chi connectivity index (χ2n) is 6.36. The van der Waals surface area contributed by atoms with Crippen molar-refractivity contribution in [2.45, 2.75) is 45.5 Å². The molecule has 0 unspecified atom stereocenters. The van der Waals surface area contributed by atoms with Crippen LogP contribution in [0.1, 0.15) is 36.3 Å². The van der Waals surface area contributed by atoms with E-state index in [4.69, 9.17) is 11.6 Å². The van der Waals surface area contributed by atoms with Gasteiger partial charge in [0.25, 0.3) is 0 Å². The number of thiophene rings is 1. The number of hydrogen-bond acceptors (Lipinski definition) is 6. The third kappa shape index (κ3) is 3.47. The van der Waals surface area contributed by atoms with Crippen LogP contribution in [0, 0.1) is 0 Å². The van der Waals surface area contributed by atoms with Gasteiger partial charge in [0.15, 0.2) is 5.82 Å². The highest BCUT2D eigenvalue weighted by atomic mass is 35.5. The summed E-state index contributed by atoms with van der Waals surface area (Å²) in [6.45, 7) is 2.81. The molecule has 11 heteroatoms. The molecule has 0 N–H and O–H groups in total. The maximum absolute atomic E-state index is 13.0. The lowest BCUT2D eigenvalue weighted by Crippen LogP contribution is -2.36. The topological polar surface area (TPSA) is 59.7 Å². The molecule has 0 radical (unpaired) electrons. The van der Waals surface area contributed by atoms with E-state index < -0.39 is 12.0 Å². The Kier molecular flexibility index (Phi) is 4.71. The molecule has 3 aromatic heterocycles. The molecule has 3 aromatic rings. The molecule has 4 rings (SSSR count). The summed E-state index contributed by atoms with van der Waals surface area (Å²) < 4.78 is 40.2. The first kappa shape index (κ1) is 18.4. The van der Waals surface area contributed by atoms with Crippen LogP contribution >= 0.6 is 22.9 Å². The number of anilines is 1. The minimum Gasteiger partial charge on any atom is -0.347 e. The molecule has 0 saturated carbocycles. The molecule has 4 heterocycles. The zero-order chi connectivity index (χ0) is 19.2. The van der Waals surface area contributed by atoms with Crippen molar-refractivity contribution in [2.75, 3.05) is 11.4 Å². The van der Waals surface area contributed by atoms with E-state index in [-0.39, 0.29) is 24.2 Å². The molecule has 0 atom stereocenters. The van der Waals surface area contributed by atoms with Crippen molar-refractivity contribution < 1.29 is 13.2 Å². The number of unbranched alkanes of at least 4 members (excludes halogenated alkanes) is 1. The first-order valence-corrected chi connectivity index (χ1v) is 9.76. The fourth-order valence-electron chi connectivity index (χ4n) is 3.19. The summed E-state index contributed by atoms with van der Waals surface area (Å²) >= 11 is 7.68. The quantitative estimate of drug-likeness (QED) is 0.593. The number of aromatic nitrogens is 5. The Morgan fingerprint density at radius 2 is 2.04 bits per heavy atom. The SMILES string of the molecule is CCCCc1cc2c(N3CCn4c(nnc4C(F)(F)F)C3)nc(Cl)nc2s1. The Labute approximate surface area is 162 Å². The van der Waals surface area contributed by atoms with Gasteiger partial charge in [-0.25, -0.2) is 4.98 Å². The molecule has 6 nitrogen and oxygen atoms in total. The summed E-state index contributed by atoms with van der Waals surface area (Å²) in [5.74, 6) is -0.0647. The highest BCUT2D eigenvalue weighted by Gasteiger charge is 2.39. The lowest BCUT2D eigenvalue weighted by Gasteiger charge is -2.29. The van der Waals surface area contributed by atoms with Gasteiger partial charge in [-0.05, 0) is 30.5 Å². The van der Waals surface area contributed by atoms with Crippen LogP contribution < -0.4 is 4.90 Å². The molecular weight excluding hydrogens is 401 g/mol. The summed E-state index contributed by atoms with van der Waals surface area (Å²) in [5, 5.41) is 8.05. The second kappa shape index (κ2) is 6.90. The fraction of sp³-hybridized carbons (Fsp3) is 0.500. The Bertz CT molecular complexity index is 983. The normalized spacial score (nSPS) is 14.8. The maximum Gasteiger partial charge on any atom is 0.451 e.